The van der Waals surface area contributed by atoms with E-state index in [1.807, 2.05) is 134 Å². The first-order chi connectivity index (χ1) is 31.3. The molecule has 10 nitrogen and oxygen atoms in total. The lowest BCUT2D eigenvalue weighted by atomic mass is 10.0. The molecule has 8 aromatic rings. The topological polar surface area (TPSA) is 114 Å². The van der Waals surface area contributed by atoms with Crippen LogP contribution in [-0.4, -0.2) is 34.1 Å². The summed E-state index contributed by atoms with van der Waals surface area (Å²) in [6.07, 6.45) is 5.93. The minimum Gasteiger partial charge on any atom is -0.497 e. The average Bonchev–Trinajstić information content (AvgIpc) is 3.36. The molecule has 8 rings (SSSR count). The van der Waals surface area contributed by atoms with Crippen molar-refractivity contribution in [1.82, 2.24) is 9.97 Å². The van der Waals surface area contributed by atoms with Gasteiger partial charge < -0.3 is 29.1 Å². The molecule has 6 aromatic carbocycles. The number of pyridine rings is 2. The summed E-state index contributed by atoms with van der Waals surface area (Å²) in [6.45, 7) is 6.88. The van der Waals surface area contributed by atoms with Crippen molar-refractivity contribution >= 4 is 46.1 Å². The molecular weight excluding hydrogens is 801 g/mol. The molecule has 0 radical (unpaired) electrons. The predicted octanol–water partition coefficient (Wildman–Crippen LogP) is 12.1. The van der Waals surface area contributed by atoms with Gasteiger partial charge in [-0.2, -0.15) is 0 Å². The minimum atomic E-state index is -0.513. The van der Waals surface area contributed by atoms with Gasteiger partial charge in [-0.1, -0.05) is 73.8 Å². The lowest BCUT2D eigenvalue weighted by Gasteiger charge is -2.26. The Morgan fingerprint density at radius 3 is 1.09 bits per heavy atom. The predicted molar refractivity (Wildman–Crippen MR) is 252 cm³/mol. The number of methoxy groups -OCH3 is 1. The maximum Gasteiger partial charge on any atom is 0.335 e. The second-order valence-corrected chi connectivity index (χ2v) is 14.4. The molecule has 0 bridgehead atoms. The molecule has 0 fully saturated rings. The van der Waals surface area contributed by atoms with Gasteiger partial charge in [0.15, 0.2) is 0 Å². The molecule has 0 aliphatic rings. The first-order valence-corrected chi connectivity index (χ1v) is 20.3. The van der Waals surface area contributed by atoms with Crippen molar-refractivity contribution in [3.05, 3.63) is 213 Å². The van der Waals surface area contributed by atoms with Crippen LogP contribution in [-0.2, 0) is 16.2 Å². The number of anilines is 6. The van der Waals surface area contributed by atoms with Crippen molar-refractivity contribution in [3.8, 4) is 50.9 Å². The largest absolute Gasteiger partial charge is 0.497 e. The Balaban J connectivity index is 1.09. The number of benzene rings is 6. The van der Waals surface area contributed by atoms with E-state index in [-0.39, 0.29) is 6.61 Å². The number of aliphatic hydroxyl groups is 1. The Kier molecular flexibility index (Phi) is 12.8. The normalized spacial score (nSPS) is 10.7. The summed E-state index contributed by atoms with van der Waals surface area (Å²) in [6, 6.07) is 54.6. The second kappa shape index (κ2) is 19.4. The van der Waals surface area contributed by atoms with Crippen molar-refractivity contribution in [3.63, 3.8) is 0 Å². The van der Waals surface area contributed by atoms with E-state index in [9.17, 15) is 14.7 Å². The van der Waals surface area contributed by atoms with Gasteiger partial charge in [0.2, 0.25) is 0 Å². The molecule has 0 saturated carbocycles. The first-order valence-electron chi connectivity index (χ1n) is 20.3. The number of rotatable bonds is 15. The maximum atomic E-state index is 11.7. The van der Waals surface area contributed by atoms with E-state index in [1.54, 1.807) is 31.4 Å². The summed E-state index contributed by atoms with van der Waals surface area (Å²) in [5, 5.41) is 9.65. The monoisotopic (exact) mass is 842 g/mol. The Bertz CT molecular complexity index is 2710. The van der Waals surface area contributed by atoms with Crippen molar-refractivity contribution < 1.29 is 28.9 Å². The summed E-state index contributed by atoms with van der Waals surface area (Å²) in [4.78, 5) is 37.4. The van der Waals surface area contributed by atoms with Crippen LogP contribution in [0, 0.1) is 0 Å². The number of carbonyl (C=O) groups excluding carboxylic acids is 2. The Morgan fingerprint density at radius 2 is 0.781 bits per heavy atom. The van der Waals surface area contributed by atoms with E-state index in [2.05, 4.69) is 47.2 Å². The van der Waals surface area contributed by atoms with E-state index >= 15 is 0 Å². The van der Waals surface area contributed by atoms with Crippen LogP contribution >= 0.6 is 0 Å². The third-order valence-corrected chi connectivity index (χ3v) is 10.4. The third kappa shape index (κ3) is 9.63. The molecule has 0 spiro atoms. The van der Waals surface area contributed by atoms with Gasteiger partial charge in [0.25, 0.3) is 0 Å². The lowest BCUT2D eigenvalue weighted by molar-refractivity contribution is -0.129. The molecule has 0 atom stereocenters. The van der Waals surface area contributed by atoms with Gasteiger partial charge in [-0.05, 0) is 137 Å². The zero-order valence-electron chi connectivity index (χ0n) is 34.9. The molecular formula is C54H42N4O6. The standard InChI is InChI=1S/C54H42N4O6/c1-4-53(60)63-49-26-12-40(13-27-49)38-8-18-43(19-9-38)58(44-20-10-39(11-21-44)41-14-28-50(29-15-41)64-54(61)5-2)47-25-33-52(56-35-47)51-32-24-46(34-55-51)57(42-16-6-37(36-59)7-17-42)45-22-30-48(62-3)31-23-45/h4-35,59H,1-2,36H2,3H3. The van der Waals surface area contributed by atoms with Crippen molar-refractivity contribution in [2.75, 3.05) is 16.9 Å². The van der Waals surface area contributed by atoms with Crippen LogP contribution < -0.4 is 24.0 Å². The van der Waals surface area contributed by atoms with Crippen LogP contribution in [0.3, 0.4) is 0 Å². The van der Waals surface area contributed by atoms with Crippen molar-refractivity contribution in [1.29, 1.82) is 0 Å². The zero-order valence-corrected chi connectivity index (χ0v) is 34.9. The van der Waals surface area contributed by atoms with Gasteiger partial charge in [-0.3, -0.25) is 9.97 Å². The highest BCUT2D eigenvalue weighted by Crippen LogP contribution is 2.39. The highest BCUT2D eigenvalue weighted by molar-refractivity contribution is 5.85. The smallest absolute Gasteiger partial charge is 0.335 e. The number of esters is 2. The zero-order chi connectivity index (χ0) is 44.4. The third-order valence-electron chi connectivity index (χ3n) is 10.4. The van der Waals surface area contributed by atoms with Gasteiger partial charge in [-0.25, -0.2) is 9.59 Å². The van der Waals surface area contributed by atoms with E-state index in [0.29, 0.717) is 22.9 Å². The summed E-state index contributed by atoms with van der Waals surface area (Å²) >= 11 is 0. The van der Waals surface area contributed by atoms with Crippen LogP contribution in [0.5, 0.6) is 17.2 Å². The molecule has 10 heteroatoms. The molecule has 0 saturated heterocycles. The Labute approximate surface area is 371 Å². The highest BCUT2D eigenvalue weighted by atomic mass is 16.5. The first kappa shape index (κ1) is 42.1. The SMILES string of the molecule is C=CC(=O)Oc1ccc(-c2ccc(N(c3ccc(-c4ccc(OC(=O)C=C)cc4)cc3)c3ccc(-c4ccc(N(c5ccc(CO)cc5)c5ccc(OC)cc5)cn4)nc3)cc2)cc1. The van der Waals surface area contributed by atoms with Crippen LogP contribution in [0.15, 0.2) is 208 Å². The molecule has 2 aromatic heterocycles. The number of ether oxygens (including phenoxy) is 3. The number of aromatic nitrogens is 2. The number of aliphatic hydroxyl groups excluding tert-OH is 1. The lowest BCUT2D eigenvalue weighted by Crippen LogP contribution is -2.11. The average molecular weight is 843 g/mol. The molecule has 64 heavy (non-hydrogen) atoms. The highest BCUT2D eigenvalue weighted by Gasteiger charge is 2.17. The van der Waals surface area contributed by atoms with Crippen molar-refractivity contribution in [2.24, 2.45) is 0 Å². The van der Waals surface area contributed by atoms with Crippen LogP contribution in [0.4, 0.5) is 34.1 Å². The molecule has 0 aliphatic heterocycles. The molecule has 314 valence electrons. The minimum absolute atomic E-state index is 0.0383. The fourth-order valence-corrected chi connectivity index (χ4v) is 7.07. The van der Waals surface area contributed by atoms with E-state index < -0.39 is 11.9 Å². The van der Waals surface area contributed by atoms with Crippen LogP contribution in [0.1, 0.15) is 5.56 Å². The van der Waals surface area contributed by atoms with Crippen LogP contribution in [0.25, 0.3) is 33.6 Å². The Morgan fingerprint density at radius 1 is 0.469 bits per heavy atom. The number of nitrogens with zero attached hydrogens (tertiary/aromatic N) is 4. The summed E-state index contributed by atoms with van der Waals surface area (Å²) in [5.74, 6) is 0.608. The quantitative estimate of drug-likeness (QED) is 0.0608. The fourth-order valence-electron chi connectivity index (χ4n) is 7.07. The van der Waals surface area contributed by atoms with E-state index in [4.69, 9.17) is 24.2 Å². The van der Waals surface area contributed by atoms with Gasteiger partial charge in [0.05, 0.1) is 48.9 Å². The van der Waals surface area contributed by atoms with Gasteiger partial charge >= 0.3 is 11.9 Å². The van der Waals surface area contributed by atoms with Gasteiger partial charge in [0, 0.05) is 34.9 Å². The number of hydrogen-bond donors (Lipinski definition) is 1. The fraction of sp³-hybridized carbons (Fsp3) is 0.0370. The van der Waals surface area contributed by atoms with Gasteiger partial charge in [0.1, 0.15) is 17.2 Å². The summed E-state index contributed by atoms with van der Waals surface area (Å²) in [5.41, 5.74) is 11.4. The maximum absolute atomic E-state index is 11.7. The van der Waals surface area contributed by atoms with Gasteiger partial charge in [-0.15, -0.1) is 0 Å². The van der Waals surface area contributed by atoms with Crippen LogP contribution in [0.2, 0.25) is 0 Å². The number of carbonyl (C=O) groups is 2. The number of hydrogen-bond acceptors (Lipinski definition) is 10. The summed E-state index contributed by atoms with van der Waals surface area (Å²) in [7, 11) is 1.64. The summed E-state index contributed by atoms with van der Waals surface area (Å²) < 4.78 is 15.9. The molecule has 2 heterocycles. The Hall–Kier alpha value is -8.60. The molecule has 0 amide bonds. The molecule has 1 N–H and O–H groups in total. The van der Waals surface area contributed by atoms with E-state index in [0.717, 1.165) is 79.8 Å². The molecule has 0 unspecified atom stereocenters. The van der Waals surface area contributed by atoms with Crippen molar-refractivity contribution in [2.45, 2.75) is 6.61 Å². The van der Waals surface area contributed by atoms with E-state index in [1.165, 1.54) is 0 Å². The molecule has 0 aliphatic carbocycles. The second-order valence-electron chi connectivity index (χ2n) is 14.4.